The van der Waals surface area contributed by atoms with E-state index in [0.717, 1.165) is 12.1 Å². The maximum Gasteiger partial charge on any atom is 0.193 e. The minimum Gasteiger partial charge on any atom is -0.394 e. The first kappa shape index (κ1) is 11.5. The van der Waals surface area contributed by atoms with E-state index in [1.54, 1.807) is 0 Å². The predicted molar refractivity (Wildman–Crippen MR) is 62.9 cm³/mol. The van der Waals surface area contributed by atoms with Crippen molar-refractivity contribution >= 4 is 11.6 Å². The summed E-state index contributed by atoms with van der Waals surface area (Å²) < 4.78 is 0. The fraction of sp³-hybridized carbons (Fsp3) is 0.364. The average Bonchev–Trinajstić information content (AvgIpc) is 2.27. The van der Waals surface area contributed by atoms with Crippen molar-refractivity contribution in [1.29, 1.82) is 0 Å². The Morgan fingerprint density at radius 3 is 2.67 bits per heavy atom. The molecular weight excluding hydrogens is 190 g/mol. The molecule has 0 unspecified atom stereocenters. The fourth-order valence-electron chi connectivity index (χ4n) is 1.16. The van der Waals surface area contributed by atoms with Gasteiger partial charge < -0.3 is 16.2 Å². The third kappa shape index (κ3) is 3.99. The van der Waals surface area contributed by atoms with Crippen LogP contribution in [0.15, 0.2) is 35.3 Å². The van der Waals surface area contributed by atoms with Gasteiger partial charge in [0.25, 0.3) is 0 Å². The number of benzene rings is 1. The second-order valence-electron chi connectivity index (χ2n) is 3.25. The van der Waals surface area contributed by atoms with Gasteiger partial charge in [0, 0.05) is 5.69 Å². The van der Waals surface area contributed by atoms with Gasteiger partial charge in [-0.15, -0.1) is 0 Å². The molecule has 0 amide bonds. The van der Waals surface area contributed by atoms with Crippen molar-refractivity contribution in [3.05, 3.63) is 30.3 Å². The zero-order valence-electron chi connectivity index (χ0n) is 8.85. The van der Waals surface area contributed by atoms with Crippen LogP contribution >= 0.6 is 0 Å². The summed E-state index contributed by atoms with van der Waals surface area (Å²) in [5, 5.41) is 11.9. The molecule has 4 N–H and O–H groups in total. The quantitative estimate of drug-likeness (QED) is 0.513. The normalized spacial score (nSPS) is 13.6. The summed E-state index contributed by atoms with van der Waals surface area (Å²) >= 11 is 0. The Bertz CT molecular complexity index is 307. The first-order valence-electron chi connectivity index (χ1n) is 5.02. The van der Waals surface area contributed by atoms with Crippen molar-refractivity contribution < 1.29 is 5.11 Å². The molecule has 0 aliphatic heterocycles. The molecule has 4 heteroatoms. The van der Waals surface area contributed by atoms with Crippen molar-refractivity contribution in [1.82, 2.24) is 0 Å². The van der Waals surface area contributed by atoms with Crippen LogP contribution in [-0.2, 0) is 0 Å². The van der Waals surface area contributed by atoms with Gasteiger partial charge in [-0.1, -0.05) is 25.1 Å². The number of para-hydroxylation sites is 1. The lowest BCUT2D eigenvalue weighted by atomic mass is 10.2. The van der Waals surface area contributed by atoms with Crippen molar-refractivity contribution in [3.63, 3.8) is 0 Å². The van der Waals surface area contributed by atoms with Gasteiger partial charge in [0.05, 0.1) is 12.6 Å². The summed E-state index contributed by atoms with van der Waals surface area (Å²) in [5.74, 6) is 0.335. The van der Waals surface area contributed by atoms with Gasteiger partial charge in [0.15, 0.2) is 5.96 Å². The number of aliphatic hydroxyl groups is 1. The standard InChI is InChI=1S/C11H17N3O/c1-2-9(8-15)13-11(12)14-10-6-4-3-5-7-10/h3-7,9,15H,2,8H2,1H3,(H3,12,13,14)/t9-/m1/s1. The average molecular weight is 207 g/mol. The molecule has 0 fully saturated rings. The highest BCUT2D eigenvalue weighted by Crippen LogP contribution is 2.04. The largest absolute Gasteiger partial charge is 0.394 e. The van der Waals surface area contributed by atoms with E-state index in [1.807, 2.05) is 37.3 Å². The summed E-state index contributed by atoms with van der Waals surface area (Å²) in [7, 11) is 0. The SMILES string of the molecule is CC[C@H](CO)N=C(N)Nc1ccccc1. The molecule has 1 aromatic rings. The zero-order valence-corrected chi connectivity index (χ0v) is 8.85. The minimum absolute atomic E-state index is 0.0215. The molecule has 0 spiro atoms. The highest BCUT2D eigenvalue weighted by molar-refractivity contribution is 5.92. The molecule has 82 valence electrons. The van der Waals surface area contributed by atoms with E-state index >= 15 is 0 Å². The molecule has 4 nitrogen and oxygen atoms in total. The van der Waals surface area contributed by atoms with Crippen LogP contribution in [-0.4, -0.2) is 23.7 Å². The van der Waals surface area contributed by atoms with E-state index in [9.17, 15) is 0 Å². The topological polar surface area (TPSA) is 70.6 Å². The Labute approximate surface area is 89.8 Å². The van der Waals surface area contributed by atoms with Gasteiger partial charge in [0.1, 0.15) is 0 Å². The molecule has 1 rings (SSSR count). The highest BCUT2D eigenvalue weighted by Gasteiger charge is 2.02. The van der Waals surface area contributed by atoms with E-state index in [1.165, 1.54) is 0 Å². The van der Waals surface area contributed by atoms with Crippen molar-refractivity contribution in [2.75, 3.05) is 11.9 Å². The van der Waals surface area contributed by atoms with Crippen LogP contribution < -0.4 is 11.1 Å². The Morgan fingerprint density at radius 1 is 1.47 bits per heavy atom. The van der Waals surface area contributed by atoms with Crippen molar-refractivity contribution in [2.24, 2.45) is 10.7 Å². The van der Waals surface area contributed by atoms with Crippen LogP contribution in [0.1, 0.15) is 13.3 Å². The van der Waals surface area contributed by atoms with E-state index in [2.05, 4.69) is 10.3 Å². The molecule has 0 saturated heterocycles. The van der Waals surface area contributed by atoms with Gasteiger partial charge in [-0.25, -0.2) is 4.99 Å². The molecule has 15 heavy (non-hydrogen) atoms. The lowest BCUT2D eigenvalue weighted by molar-refractivity contribution is 0.264. The van der Waals surface area contributed by atoms with Gasteiger partial charge in [-0.05, 0) is 18.6 Å². The van der Waals surface area contributed by atoms with E-state index in [-0.39, 0.29) is 12.6 Å². The molecule has 1 aromatic carbocycles. The lowest BCUT2D eigenvalue weighted by Gasteiger charge is -2.09. The molecule has 0 bridgehead atoms. The van der Waals surface area contributed by atoms with Crippen LogP contribution in [0.4, 0.5) is 5.69 Å². The molecule has 0 aliphatic rings. The maximum absolute atomic E-state index is 8.95. The summed E-state index contributed by atoms with van der Waals surface area (Å²) in [5.41, 5.74) is 6.58. The van der Waals surface area contributed by atoms with Crippen LogP contribution in [0.5, 0.6) is 0 Å². The van der Waals surface area contributed by atoms with E-state index in [4.69, 9.17) is 10.8 Å². The first-order chi connectivity index (χ1) is 7.26. The zero-order chi connectivity index (χ0) is 11.1. The summed E-state index contributed by atoms with van der Waals surface area (Å²) in [6, 6.07) is 9.45. The van der Waals surface area contributed by atoms with Gasteiger partial charge in [0.2, 0.25) is 0 Å². The summed E-state index contributed by atoms with van der Waals surface area (Å²) in [6.45, 7) is 1.98. The third-order valence-corrected chi connectivity index (χ3v) is 2.05. The molecular formula is C11H17N3O. The number of hydrogen-bond acceptors (Lipinski definition) is 2. The predicted octanol–water partition coefficient (Wildman–Crippen LogP) is 1.18. The first-order valence-corrected chi connectivity index (χ1v) is 5.02. The van der Waals surface area contributed by atoms with Crippen LogP contribution in [0, 0.1) is 0 Å². The molecule has 0 saturated carbocycles. The van der Waals surface area contributed by atoms with Crippen molar-refractivity contribution in [2.45, 2.75) is 19.4 Å². The molecule has 1 atom stereocenters. The molecule has 0 aromatic heterocycles. The Hall–Kier alpha value is -1.55. The maximum atomic E-state index is 8.95. The third-order valence-electron chi connectivity index (χ3n) is 2.05. The summed E-state index contributed by atoms with van der Waals surface area (Å²) in [4.78, 5) is 4.14. The fourth-order valence-corrected chi connectivity index (χ4v) is 1.16. The number of hydrogen-bond donors (Lipinski definition) is 3. The number of rotatable bonds is 4. The minimum atomic E-state index is -0.124. The Balaban J connectivity index is 2.58. The molecule has 0 heterocycles. The monoisotopic (exact) mass is 207 g/mol. The molecule has 0 aliphatic carbocycles. The number of nitrogens with two attached hydrogens (primary N) is 1. The smallest absolute Gasteiger partial charge is 0.193 e. The number of aliphatic hydroxyl groups excluding tert-OH is 1. The van der Waals surface area contributed by atoms with Gasteiger partial charge >= 0.3 is 0 Å². The second kappa shape index (κ2) is 6.03. The van der Waals surface area contributed by atoms with E-state index in [0.29, 0.717) is 5.96 Å². The lowest BCUT2D eigenvalue weighted by Crippen LogP contribution is -2.26. The highest BCUT2D eigenvalue weighted by atomic mass is 16.3. The van der Waals surface area contributed by atoms with E-state index < -0.39 is 0 Å². The number of nitrogens with zero attached hydrogens (tertiary/aromatic N) is 1. The second-order valence-corrected chi connectivity index (χ2v) is 3.25. The van der Waals surface area contributed by atoms with Crippen LogP contribution in [0.2, 0.25) is 0 Å². The van der Waals surface area contributed by atoms with Crippen LogP contribution in [0.25, 0.3) is 0 Å². The summed E-state index contributed by atoms with van der Waals surface area (Å²) in [6.07, 6.45) is 0.771. The molecule has 0 radical (unpaired) electrons. The number of anilines is 1. The Morgan fingerprint density at radius 2 is 2.13 bits per heavy atom. The number of guanidine groups is 1. The van der Waals surface area contributed by atoms with Gasteiger partial charge in [-0.2, -0.15) is 0 Å². The van der Waals surface area contributed by atoms with Crippen LogP contribution in [0.3, 0.4) is 0 Å². The number of aliphatic imine (C=N–C) groups is 1. The number of nitrogens with one attached hydrogen (secondary N) is 1. The Kier molecular flexibility index (Phi) is 4.63. The van der Waals surface area contributed by atoms with Crippen molar-refractivity contribution in [3.8, 4) is 0 Å². The van der Waals surface area contributed by atoms with Gasteiger partial charge in [-0.3, -0.25) is 0 Å².